The molecule has 0 bridgehead atoms. The molecule has 0 saturated heterocycles. The van der Waals surface area contributed by atoms with Crippen LogP contribution in [0.4, 0.5) is 4.79 Å². The van der Waals surface area contributed by atoms with Gasteiger partial charge in [0.2, 0.25) is 0 Å². The summed E-state index contributed by atoms with van der Waals surface area (Å²) in [7, 11) is 3.82. The van der Waals surface area contributed by atoms with Crippen molar-refractivity contribution in [2.24, 2.45) is 0 Å². The zero-order valence-corrected chi connectivity index (χ0v) is 19.3. The van der Waals surface area contributed by atoms with Gasteiger partial charge >= 0.3 is 23.6 Å². The summed E-state index contributed by atoms with van der Waals surface area (Å²) in [5.41, 5.74) is 0. The van der Waals surface area contributed by atoms with E-state index in [9.17, 15) is 4.79 Å². The van der Waals surface area contributed by atoms with Gasteiger partial charge in [-0.15, -0.1) is 0 Å². The standard InChI is InChI=1S/C15H36N2O7Si2/c1-9-13(11-25(19-3,20-4)21-5)16-15(18)17-14(10-2)12-26(22-6,23-7)24-8/h13-14H,9-12H2,1-8H3,(H2,16,17,18). The molecule has 11 heteroatoms. The second kappa shape index (κ2) is 12.8. The highest BCUT2D eigenvalue weighted by Crippen LogP contribution is 2.18. The van der Waals surface area contributed by atoms with Crippen LogP contribution in [0.25, 0.3) is 0 Å². The maximum Gasteiger partial charge on any atom is 0.502 e. The lowest BCUT2D eigenvalue weighted by molar-refractivity contribution is 0.119. The molecule has 0 aliphatic carbocycles. The third-order valence-electron chi connectivity index (χ3n) is 4.51. The molecule has 9 nitrogen and oxygen atoms in total. The van der Waals surface area contributed by atoms with E-state index in [-0.39, 0.29) is 18.1 Å². The van der Waals surface area contributed by atoms with E-state index in [2.05, 4.69) is 10.6 Å². The first-order chi connectivity index (χ1) is 12.3. The maximum atomic E-state index is 12.4. The Balaban J connectivity index is 4.85. The molecule has 0 saturated carbocycles. The second-order valence-corrected chi connectivity index (χ2v) is 11.8. The zero-order chi connectivity index (χ0) is 20.2. The SMILES string of the molecule is CCC(C[Si](OC)(OC)OC)NC(=O)NC(CC)C[Si](OC)(OC)OC. The highest BCUT2D eigenvalue weighted by atomic mass is 28.4. The van der Waals surface area contributed by atoms with Gasteiger partial charge in [-0.2, -0.15) is 0 Å². The number of carbonyl (C=O) groups is 1. The molecule has 0 spiro atoms. The molecule has 0 rings (SSSR count). The van der Waals surface area contributed by atoms with E-state index in [1.807, 2.05) is 13.8 Å². The van der Waals surface area contributed by atoms with E-state index in [0.717, 1.165) is 12.8 Å². The fraction of sp³-hybridized carbons (Fsp3) is 0.933. The molecular weight excluding hydrogens is 376 g/mol. The monoisotopic (exact) mass is 412 g/mol. The van der Waals surface area contributed by atoms with Crippen molar-refractivity contribution in [2.75, 3.05) is 42.7 Å². The largest absolute Gasteiger partial charge is 0.502 e. The minimum absolute atomic E-state index is 0.131. The smallest absolute Gasteiger partial charge is 0.377 e. The molecule has 0 fully saturated rings. The number of hydrogen-bond donors (Lipinski definition) is 2. The molecule has 2 atom stereocenters. The van der Waals surface area contributed by atoms with Gasteiger partial charge in [-0.1, -0.05) is 13.8 Å². The van der Waals surface area contributed by atoms with Gasteiger partial charge in [0.15, 0.2) is 0 Å². The molecule has 0 aliphatic rings. The maximum absolute atomic E-state index is 12.4. The van der Waals surface area contributed by atoms with Gasteiger partial charge in [0, 0.05) is 66.8 Å². The molecule has 156 valence electrons. The van der Waals surface area contributed by atoms with Gasteiger partial charge in [-0.3, -0.25) is 0 Å². The van der Waals surface area contributed by atoms with Crippen molar-refractivity contribution in [2.45, 2.75) is 50.9 Å². The summed E-state index contributed by atoms with van der Waals surface area (Å²) in [6.45, 7) is 3.97. The van der Waals surface area contributed by atoms with Crippen LogP contribution in [0.2, 0.25) is 12.1 Å². The van der Waals surface area contributed by atoms with Gasteiger partial charge in [0.25, 0.3) is 0 Å². The molecule has 26 heavy (non-hydrogen) atoms. The first-order valence-corrected chi connectivity index (χ1v) is 12.6. The van der Waals surface area contributed by atoms with Crippen LogP contribution in [0.5, 0.6) is 0 Å². The topological polar surface area (TPSA) is 96.5 Å². The van der Waals surface area contributed by atoms with E-state index >= 15 is 0 Å². The number of amides is 2. The summed E-state index contributed by atoms with van der Waals surface area (Å²) in [5.74, 6) is 0. The number of urea groups is 1. The summed E-state index contributed by atoms with van der Waals surface area (Å²) in [6.07, 6.45) is 1.45. The van der Waals surface area contributed by atoms with Crippen molar-refractivity contribution in [1.82, 2.24) is 10.6 Å². The zero-order valence-electron chi connectivity index (χ0n) is 17.3. The van der Waals surface area contributed by atoms with Crippen molar-refractivity contribution in [1.29, 1.82) is 0 Å². The van der Waals surface area contributed by atoms with Crippen LogP contribution in [-0.2, 0) is 26.6 Å². The Hall–Kier alpha value is -0.536. The molecule has 2 unspecified atom stereocenters. The average Bonchev–Trinajstić information content (AvgIpc) is 2.68. The average molecular weight is 413 g/mol. The van der Waals surface area contributed by atoms with Crippen LogP contribution in [0.1, 0.15) is 26.7 Å². The van der Waals surface area contributed by atoms with Crippen molar-refractivity contribution in [3.63, 3.8) is 0 Å². The molecule has 0 aromatic carbocycles. The van der Waals surface area contributed by atoms with Gasteiger partial charge in [-0.05, 0) is 12.8 Å². The van der Waals surface area contributed by atoms with Gasteiger partial charge in [-0.25, -0.2) is 4.79 Å². The predicted octanol–water partition coefficient (Wildman–Crippen LogP) is 1.60. The van der Waals surface area contributed by atoms with Crippen LogP contribution in [0.3, 0.4) is 0 Å². The van der Waals surface area contributed by atoms with E-state index < -0.39 is 17.6 Å². The molecule has 0 aromatic rings. The fourth-order valence-electron chi connectivity index (χ4n) is 2.61. The first kappa shape index (κ1) is 25.5. The summed E-state index contributed by atoms with van der Waals surface area (Å²) in [4.78, 5) is 12.4. The Morgan fingerprint density at radius 2 is 0.962 bits per heavy atom. The molecule has 0 aliphatic heterocycles. The highest BCUT2D eigenvalue weighted by Gasteiger charge is 2.42. The molecule has 2 amide bonds. The molecule has 2 N–H and O–H groups in total. The van der Waals surface area contributed by atoms with E-state index in [1.165, 1.54) is 0 Å². The third-order valence-corrected chi connectivity index (χ3v) is 10.2. The summed E-state index contributed by atoms with van der Waals surface area (Å²) < 4.78 is 32.6. The summed E-state index contributed by atoms with van der Waals surface area (Å²) in [6, 6.07) is 0.455. The van der Waals surface area contributed by atoms with Crippen LogP contribution >= 0.6 is 0 Å². The summed E-state index contributed by atoms with van der Waals surface area (Å²) >= 11 is 0. The molecule has 0 aromatic heterocycles. The highest BCUT2D eigenvalue weighted by molar-refractivity contribution is 6.61. The van der Waals surface area contributed by atoms with Crippen molar-refractivity contribution < 1.29 is 31.4 Å². The van der Waals surface area contributed by atoms with E-state index in [1.54, 1.807) is 42.7 Å². The lowest BCUT2D eigenvalue weighted by Gasteiger charge is -2.30. The Labute approximate surface area is 159 Å². The molecular formula is C15H36N2O7Si2. The van der Waals surface area contributed by atoms with E-state index in [4.69, 9.17) is 26.6 Å². The van der Waals surface area contributed by atoms with Crippen molar-refractivity contribution >= 4 is 23.6 Å². The second-order valence-electron chi connectivity index (χ2n) is 5.83. The van der Waals surface area contributed by atoms with Gasteiger partial charge < -0.3 is 37.2 Å². The van der Waals surface area contributed by atoms with Crippen molar-refractivity contribution in [3.05, 3.63) is 0 Å². The minimum Gasteiger partial charge on any atom is -0.377 e. The number of hydrogen-bond acceptors (Lipinski definition) is 7. The summed E-state index contributed by atoms with van der Waals surface area (Å²) in [5, 5.41) is 5.93. The van der Waals surface area contributed by atoms with Crippen LogP contribution in [0.15, 0.2) is 0 Å². The Bertz CT molecular complexity index is 346. The molecule has 0 heterocycles. The molecule has 0 radical (unpaired) electrons. The van der Waals surface area contributed by atoms with E-state index in [0.29, 0.717) is 12.1 Å². The normalized spacial score (nSPS) is 14.8. The predicted molar refractivity (Wildman–Crippen MR) is 103 cm³/mol. The minimum atomic E-state index is -2.77. The van der Waals surface area contributed by atoms with Gasteiger partial charge in [0.05, 0.1) is 0 Å². The Morgan fingerprint density at radius 1 is 0.692 bits per heavy atom. The number of rotatable bonds is 14. The number of nitrogens with one attached hydrogen (secondary N) is 2. The lowest BCUT2D eigenvalue weighted by Crippen LogP contribution is -2.54. The van der Waals surface area contributed by atoms with Crippen LogP contribution < -0.4 is 10.6 Å². The third kappa shape index (κ3) is 7.60. The van der Waals surface area contributed by atoms with Crippen LogP contribution in [-0.4, -0.2) is 78.4 Å². The lowest BCUT2D eigenvalue weighted by atomic mass is 10.2. The van der Waals surface area contributed by atoms with Crippen LogP contribution in [0, 0.1) is 0 Å². The Kier molecular flexibility index (Phi) is 12.5. The quantitative estimate of drug-likeness (QED) is 0.418. The number of carbonyl (C=O) groups excluding carboxylic acids is 1. The Morgan fingerprint density at radius 3 is 1.15 bits per heavy atom. The first-order valence-electron chi connectivity index (χ1n) is 8.71. The van der Waals surface area contributed by atoms with Crippen molar-refractivity contribution in [3.8, 4) is 0 Å². The fourth-order valence-corrected chi connectivity index (χ4v) is 6.60. The van der Waals surface area contributed by atoms with Gasteiger partial charge in [0.1, 0.15) is 0 Å².